The highest BCUT2D eigenvalue weighted by Gasteiger charge is 2.37. The summed E-state index contributed by atoms with van der Waals surface area (Å²) in [7, 11) is 0. The van der Waals surface area contributed by atoms with E-state index in [1.54, 1.807) is 12.3 Å². The molecule has 2 amide bonds. The van der Waals surface area contributed by atoms with Gasteiger partial charge in [0, 0.05) is 30.5 Å². The van der Waals surface area contributed by atoms with Crippen LogP contribution in [-0.4, -0.2) is 39.8 Å². The maximum atomic E-state index is 12.9. The Morgan fingerprint density at radius 3 is 1.97 bits per heavy atom. The summed E-state index contributed by atoms with van der Waals surface area (Å²) in [6, 6.07) is 21.2. The van der Waals surface area contributed by atoms with Crippen molar-refractivity contribution in [3.8, 4) is 0 Å². The van der Waals surface area contributed by atoms with Crippen molar-refractivity contribution < 1.29 is 14.0 Å². The minimum Gasteiger partial charge on any atom is -0.448 e. The SMILES string of the molecule is CCN1C(=O)C(=Cc2ccc(N(c3ccccc3)c3ccco3)cc2)C(=O)N(CC)C1=S. The third kappa shape index (κ3) is 3.94. The molecule has 1 aromatic heterocycles. The lowest BCUT2D eigenvalue weighted by Gasteiger charge is -2.35. The molecule has 1 saturated heterocycles. The van der Waals surface area contributed by atoms with Gasteiger partial charge in [0.2, 0.25) is 5.88 Å². The van der Waals surface area contributed by atoms with Crippen LogP contribution in [0, 0.1) is 0 Å². The number of hydrogen-bond donors (Lipinski definition) is 0. The van der Waals surface area contributed by atoms with Gasteiger partial charge < -0.3 is 4.42 Å². The molecule has 4 rings (SSSR count). The van der Waals surface area contributed by atoms with Crippen LogP contribution in [-0.2, 0) is 9.59 Å². The average Bonchev–Trinajstić information content (AvgIpc) is 3.34. The Hall–Kier alpha value is -3.71. The van der Waals surface area contributed by atoms with E-state index in [4.69, 9.17) is 16.6 Å². The van der Waals surface area contributed by atoms with Crippen LogP contribution in [0.25, 0.3) is 6.08 Å². The van der Waals surface area contributed by atoms with Crippen LogP contribution in [0.4, 0.5) is 17.3 Å². The van der Waals surface area contributed by atoms with Crippen molar-refractivity contribution in [2.75, 3.05) is 18.0 Å². The van der Waals surface area contributed by atoms with E-state index in [1.165, 1.54) is 9.80 Å². The molecule has 0 unspecified atom stereocenters. The largest absolute Gasteiger partial charge is 0.448 e. The second-order valence-corrected chi connectivity index (χ2v) is 7.52. The quantitative estimate of drug-likeness (QED) is 0.299. The number of hydrogen-bond acceptors (Lipinski definition) is 5. The molecule has 1 aliphatic rings. The second kappa shape index (κ2) is 9.20. The standard InChI is InChI=1S/C25H23N3O3S/c1-3-26-23(29)21(24(30)27(4-2)25(26)32)17-18-12-14-20(15-13-18)28(22-11-8-16-31-22)19-9-6-5-7-10-19/h5-17H,3-4H2,1-2H3. The maximum absolute atomic E-state index is 12.9. The lowest BCUT2D eigenvalue weighted by molar-refractivity contribution is -0.133. The Balaban J connectivity index is 1.68. The number of carbonyl (C=O) groups excluding carboxylic acids is 2. The van der Waals surface area contributed by atoms with Gasteiger partial charge in [0.05, 0.1) is 6.26 Å². The van der Waals surface area contributed by atoms with Crippen LogP contribution in [0.2, 0.25) is 0 Å². The maximum Gasteiger partial charge on any atom is 0.265 e. The zero-order valence-electron chi connectivity index (χ0n) is 17.9. The van der Waals surface area contributed by atoms with E-state index in [1.807, 2.05) is 85.5 Å². The molecule has 0 saturated carbocycles. The second-order valence-electron chi connectivity index (χ2n) is 7.15. The van der Waals surface area contributed by atoms with Gasteiger partial charge in [0.25, 0.3) is 11.8 Å². The fourth-order valence-electron chi connectivity index (χ4n) is 3.65. The van der Waals surface area contributed by atoms with Crippen molar-refractivity contribution in [2.45, 2.75) is 13.8 Å². The summed E-state index contributed by atoms with van der Waals surface area (Å²) in [5.41, 5.74) is 2.71. The molecule has 32 heavy (non-hydrogen) atoms. The van der Waals surface area contributed by atoms with Crippen molar-refractivity contribution in [1.82, 2.24) is 9.80 Å². The summed E-state index contributed by atoms with van der Waals surface area (Å²) in [5.74, 6) is -0.0406. The van der Waals surface area contributed by atoms with E-state index < -0.39 is 0 Å². The Kier molecular flexibility index (Phi) is 6.18. The topological polar surface area (TPSA) is 57.0 Å². The highest BCUT2D eigenvalue weighted by molar-refractivity contribution is 7.80. The molecular weight excluding hydrogens is 422 g/mol. The van der Waals surface area contributed by atoms with Gasteiger partial charge in [-0.25, -0.2) is 0 Å². The van der Waals surface area contributed by atoms with Gasteiger partial charge in [-0.05, 0) is 68.0 Å². The molecule has 1 aliphatic heterocycles. The minimum atomic E-state index is -0.363. The predicted octanol–water partition coefficient (Wildman–Crippen LogP) is 5.13. The van der Waals surface area contributed by atoms with Crippen molar-refractivity contribution >= 4 is 52.5 Å². The molecule has 0 radical (unpaired) electrons. The summed E-state index contributed by atoms with van der Waals surface area (Å²) in [4.78, 5) is 30.6. The first-order valence-corrected chi connectivity index (χ1v) is 10.8. The van der Waals surface area contributed by atoms with Crippen LogP contribution >= 0.6 is 12.2 Å². The van der Waals surface area contributed by atoms with Gasteiger partial charge in [0.1, 0.15) is 5.57 Å². The van der Waals surface area contributed by atoms with Crippen LogP contribution in [0.3, 0.4) is 0 Å². The third-order valence-corrected chi connectivity index (χ3v) is 5.69. The van der Waals surface area contributed by atoms with E-state index in [0.717, 1.165) is 16.9 Å². The van der Waals surface area contributed by atoms with Crippen molar-refractivity contribution in [3.05, 3.63) is 84.1 Å². The zero-order chi connectivity index (χ0) is 22.7. The summed E-state index contributed by atoms with van der Waals surface area (Å²) in [5, 5.41) is 0.259. The lowest BCUT2D eigenvalue weighted by Crippen LogP contribution is -2.55. The molecule has 0 atom stereocenters. The predicted molar refractivity (Wildman–Crippen MR) is 129 cm³/mol. The highest BCUT2D eigenvalue weighted by Crippen LogP contribution is 2.34. The normalized spacial score (nSPS) is 14.2. The molecule has 7 heteroatoms. The number of nitrogens with zero attached hydrogens (tertiary/aromatic N) is 3. The van der Waals surface area contributed by atoms with Crippen LogP contribution < -0.4 is 4.90 Å². The van der Waals surface area contributed by atoms with Gasteiger partial charge >= 0.3 is 0 Å². The van der Waals surface area contributed by atoms with Gasteiger partial charge in [-0.3, -0.25) is 24.3 Å². The van der Waals surface area contributed by atoms with Crippen LogP contribution in [0.5, 0.6) is 0 Å². The van der Waals surface area contributed by atoms with E-state index in [9.17, 15) is 9.59 Å². The Bertz CT molecular complexity index is 1130. The molecule has 0 spiro atoms. The Morgan fingerprint density at radius 2 is 1.44 bits per heavy atom. The van der Waals surface area contributed by atoms with Gasteiger partial charge in [0.15, 0.2) is 5.11 Å². The number of carbonyl (C=O) groups is 2. The molecule has 0 bridgehead atoms. The number of likely N-dealkylation sites (N-methyl/N-ethyl adjacent to an activating group) is 2. The van der Waals surface area contributed by atoms with E-state index in [2.05, 4.69) is 0 Å². The number of benzene rings is 2. The third-order valence-electron chi connectivity index (χ3n) is 5.25. The fourth-order valence-corrected chi connectivity index (χ4v) is 4.07. The van der Waals surface area contributed by atoms with Gasteiger partial charge in [-0.1, -0.05) is 30.3 Å². The molecule has 0 N–H and O–H groups in total. The number of amides is 2. The van der Waals surface area contributed by atoms with Crippen LogP contribution in [0.1, 0.15) is 19.4 Å². The monoisotopic (exact) mass is 445 g/mol. The molecule has 3 aromatic rings. The number of furan rings is 1. The molecular formula is C25H23N3O3S. The van der Waals surface area contributed by atoms with E-state index >= 15 is 0 Å². The van der Waals surface area contributed by atoms with Gasteiger partial charge in [-0.15, -0.1) is 0 Å². The molecule has 0 aliphatic carbocycles. The van der Waals surface area contributed by atoms with Crippen molar-refractivity contribution in [3.63, 3.8) is 0 Å². The van der Waals surface area contributed by atoms with Crippen molar-refractivity contribution in [2.24, 2.45) is 0 Å². The molecule has 162 valence electrons. The molecule has 1 fully saturated rings. The molecule has 2 aromatic carbocycles. The minimum absolute atomic E-state index is 0.112. The Morgan fingerprint density at radius 1 is 0.844 bits per heavy atom. The highest BCUT2D eigenvalue weighted by atomic mass is 32.1. The van der Waals surface area contributed by atoms with Crippen LogP contribution in [0.15, 0.2) is 83.0 Å². The zero-order valence-corrected chi connectivity index (χ0v) is 18.7. The van der Waals surface area contributed by atoms with E-state index in [-0.39, 0.29) is 22.5 Å². The number of thiocarbonyl (C=S) groups is 1. The first-order valence-electron chi connectivity index (χ1n) is 10.4. The summed E-state index contributed by atoms with van der Waals surface area (Å²) in [6.45, 7) is 4.50. The summed E-state index contributed by atoms with van der Waals surface area (Å²) >= 11 is 5.32. The first-order chi connectivity index (χ1) is 15.5. The lowest BCUT2D eigenvalue weighted by atomic mass is 10.1. The van der Waals surface area contributed by atoms with E-state index in [0.29, 0.717) is 19.0 Å². The Labute approximate surface area is 192 Å². The smallest absolute Gasteiger partial charge is 0.265 e. The number of anilines is 3. The van der Waals surface area contributed by atoms with Gasteiger partial charge in [-0.2, -0.15) is 0 Å². The average molecular weight is 446 g/mol. The molecule has 6 nitrogen and oxygen atoms in total. The molecule has 2 heterocycles. The fraction of sp³-hybridized carbons (Fsp3) is 0.160. The summed E-state index contributed by atoms with van der Waals surface area (Å²) < 4.78 is 5.64. The van der Waals surface area contributed by atoms with Crippen molar-refractivity contribution in [1.29, 1.82) is 0 Å². The summed E-state index contributed by atoms with van der Waals surface area (Å²) in [6.07, 6.45) is 3.26. The first kappa shape index (κ1) is 21.5. The number of para-hydroxylation sites is 1. The number of rotatable bonds is 6.